The number of piperidine rings is 1. The van der Waals surface area contributed by atoms with E-state index in [9.17, 15) is 4.79 Å². The number of carbonyl (C=O) groups is 1. The number of hydrogen-bond donors (Lipinski definition) is 1. The van der Waals surface area contributed by atoms with Crippen molar-refractivity contribution in [2.45, 2.75) is 31.8 Å². The molecule has 0 radical (unpaired) electrons. The van der Waals surface area contributed by atoms with Gasteiger partial charge in [0.15, 0.2) is 5.60 Å². The number of benzene rings is 4. The van der Waals surface area contributed by atoms with E-state index >= 15 is 0 Å². The molecule has 1 atom stereocenters. The second-order valence-corrected chi connectivity index (χ2v) is 10.1. The number of esters is 1. The van der Waals surface area contributed by atoms with Gasteiger partial charge in [0, 0.05) is 52.9 Å². The standard InChI is InChI=1S/C32H28N2O3/c1-21-9-15-27-29(19-21)36-30-20-23(33-22-10-13-24(14-11-22)34-17-5-2-6-18-34)12-16-28(30)32(27)26-8-4-3-7-25(26)31(35)37-32/h3-4,7-16,19-20,33H,2,5-6,17-18H2,1H3. The third kappa shape index (κ3) is 3.49. The minimum absolute atomic E-state index is 0.314. The minimum Gasteiger partial charge on any atom is -0.456 e. The first-order valence-corrected chi connectivity index (χ1v) is 13.0. The SMILES string of the molecule is Cc1ccc2c(c1)Oc1cc(Nc3ccc(N4CCCCC4)cc3)ccc1C21OC(=O)c2ccccc21. The Balaban J connectivity index is 1.27. The fourth-order valence-electron chi connectivity index (χ4n) is 5.94. The van der Waals surface area contributed by atoms with Crippen LogP contribution in [0.1, 0.15) is 51.9 Å². The molecule has 1 fully saturated rings. The van der Waals surface area contributed by atoms with Crippen molar-refractivity contribution >= 4 is 23.0 Å². The molecule has 3 aliphatic rings. The zero-order chi connectivity index (χ0) is 25.0. The molecule has 3 aliphatic heterocycles. The van der Waals surface area contributed by atoms with Gasteiger partial charge >= 0.3 is 5.97 Å². The topological polar surface area (TPSA) is 50.8 Å². The van der Waals surface area contributed by atoms with Crippen LogP contribution < -0.4 is 15.0 Å². The summed E-state index contributed by atoms with van der Waals surface area (Å²) in [5, 5.41) is 3.52. The van der Waals surface area contributed by atoms with Crippen LogP contribution in [0, 0.1) is 6.92 Å². The number of nitrogens with zero attached hydrogens (tertiary/aromatic N) is 1. The largest absolute Gasteiger partial charge is 0.456 e. The van der Waals surface area contributed by atoms with E-state index in [2.05, 4.69) is 34.5 Å². The molecule has 3 heterocycles. The summed E-state index contributed by atoms with van der Waals surface area (Å²) >= 11 is 0. The number of carbonyl (C=O) groups excluding carboxylic acids is 1. The zero-order valence-corrected chi connectivity index (χ0v) is 20.8. The van der Waals surface area contributed by atoms with Crippen LogP contribution >= 0.6 is 0 Å². The lowest BCUT2D eigenvalue weighted by Gasteiger charge is -2.36. The van der Waals surface area contributed by atoms with Gasteiger partial charge in [-0.2, -0.15) is 0 Å². The van der Waals surface area contributed by atoms with Crippen LogP contribution in [-0.4, -0.2) is 19.1 Å². The van der Waals surface area contributed by atoms with E-state index < -0.39 is 5.60 Å². The molecule has 184 valence electrons. The number of rotatable bonds is 3. The van der Waals surface area contributed by atoms with Gasteiger partial charge in [0.05, 0.1) is 5.56 Å². The Hall–Kier alpha value is -4.25. The fourth-order valence-corrected chi connectivity index (χ4v) is 5.94. The molecule has 1 unspecified atom stereocenters. The van der Waals surface area contributed by atoms with Gasteiger partial charge in [0.1, 0.15) is 11.5 Å². The molecule has 1 spiro atoms. The predicted molar refractivity (Wildman–Crippen MR) is 145 cm³/mol. The summed E-state index contributed by atoms with van der Waals surface area (Å²) in [6, 6.07) is 28.3. The summed E-state index contributed by atoms with van der Waals surface area (Å²) in [5.41, 5.74) is 6.37. The van der Waals surface area contributed by atoms with Crippen molar-refractivity contribution in [2.24, 2.45) is 0 Å². The molecule has 1 saturated heterocycles. The predicted octanol–water partition coefficient (Wildman–Crippen LogP) is 7.30. The average Bonchev–Trinajstić information content (AvgIpc) is 3.22. The molecule has 4 aromatic rings. The van der Waals surface area contributed by atoms with E-state index in [4.69, 9.17) is 9.47 Å². The highest BCUT2D eigenvalue weighted by atomic mass is 16.6. The monoisotopic (exact) mass is 488 g/mol. The van der Waals surface area contributed by atoms with Crippen LogP contribution in [0.15, 0.2) is 84.9 Å². The smallest absolute Gasteiger partial charge is 0.340 e. The third-order valence-electron chi connectivity index (χ3n) is 7.75. The van der Waals surface area contributed by atoms with E-state index in [0.717, 1.165) is 46.7 Å². The highest BCUT2D eigenvalue weighted by Crippen LogP contribution is 2.56. The molecule has 5 heteroatoms. The lowest BCUT2D eigenvalue weighted by atomic mass is 9.77. The van der Waals surface area contributed by atoms with Gasteiger partial charge in [-0.05, 0) is 80.3 Å². The number of nitrogens with one attached hydrogen (secondary N) is 1. The molecule has 4 aromatic carbocycles. The number of fused-ring (bicyclic) bond motifs is 6. The quantitative estimate of drug-likeness (QED) is 0.307. The Morgan fingerprint density at radius 1 is 0.757 bits per heavy atom. The van der Waals surface area contributed by atoms with Gasteiger partial charge < -0.3 is 19.7 Å². The van der Waals surface area contributed by atoms with Crippen LogP contribution in [0.5, 0.6) is 11.5 Å². The van der Waals surface area contributed by atoms with Crippen molar-refractivity contribution in [3.8, 4) is 11.5 Å². The average molecular weight is 489 g/mol. The Bertz CT molecular complexity index is 1520. The van der Waals surface area contributed by atoms with Crippen LogP contribution in [0.3, 0.4) is 0 Å². The maximum atomic E-state index is 13.0. The summed E-state index contributed by atoms with van der Waals surface area (Å²) in [6.07, 6.45) is 3.85. The fraction of sp³-hybridized carbons (Fsp3) is 0.219. The van der Waals surface area contributed by atoms with Crippen LogP contribution in [0.2, 0.25) is 0 Å². The number of aryl methyl sites for hydroxylation is 1. The number of hydrogen-bond acceptors (Lipinski definition) is 5. The molecule has 0 amide bonds. The molecule has 0 bridgehead atoms. The third-order valence-corrected chi connectivity index (χ3v) is 7.75. The van der Waals surface area contributed by atoms with Crippen molar-refractivity contribution in [1.29, 1.82) is 0 Å². The Morgan fingerprint density at radius 2 is 1.46 bits per heavy atom. The van der Waals surface area contributed by atoms with Crippen LogP contribution in [-0.2, 0) is 10.3 Å². The second-order valence-electron chi connectivity index (χ2n) is 10.1. The Morgan fingerprint density at radius 3 is 2.27 bits per heavy atom. The van der Waals surface area contributed by atoms with Gasteiger partial charge in [0.25, 0.3) is 0 Å². The highest BCUT2D eigenvalue weighted by molar-refractivity contribution is 5.97. The Kier molecular flexibility index (Phi) is 5.00. The van der Waals surface area contributed by atoms with Gasteiger partial charge in [-0.1, -0.05) is 30.3 Å². The summed E-state index contributed by atoms with van der Waals surface area (Å²) < 4.78 is 12.7. The summed E-state index contributed by atoms with van der Waals surface area (Å²) in [4.78, 5) is 15.5. The second kappa shape index (κ2) is 8.41. The van der Waals surface area contributed by atoms with E-state index in [1.54, 1.807) is 0 Å². The van der Waals surface area contributed by atoms with Crippen molar-refractivity contribution in [3.63, 3.8) is 0 Å². The molecule has 0 saturated carbocycles. The lowest BCUT2D eigenvalue weighted by Crippen LogP contribution is -2.33. The van der Waals surface area contributed by atoms with Crippen molar-refractivity contribution in [2.75, 3.05) is 23.3 Å². The van der Waals surface area contributed by atoms with Crippen LogP contribution in [0.4, 0.5) is 17.1 Å². The van der Waals surface area contributed by atoms with Gasteiger partial charge in [0.2, 0.25) is 0 Å². The molecule has 7 rings (SSSR count). The number of ether oxygens (including phenoxy) is 2. The molecule has 5 nitrogen and oxygen atoms in total. The molecule has 37 heavy (non-hydrogen) atoms. The van der Waals surface area contributed by atoms with E-state index in [0.29, 0.717) is 17.1 Å². The minimum atomic E-state index is -1.03. The van der Waals surface area contributed by atoms with Crippen molar-refractivity contribution < 1.29 is 14.3 Å². The molecular formula is C32H28N2O3. The summed E-state index contributed by atoms with van der Waals surface area (Å²) in [7, 11) is 0. The van der Waals surface area contributed by atoms with Crippen LogP contribution in [0.25, 0.3) is 0 Å². The molecule has 0 aliphatic carbocycles. The van der Waals surface area contributed by atoms with E-state index in [-0.39, 0.29) is 5.97 Å². The maximum absolute atomic E-state index is 13.0. The lowest BCUT2D eigenvalue weighted by molar-refractivity contribution is 0.0224. The van der Waals surface area contributed by atoms with Gasteiger partial charge in [-0.3, -0.25) is 0 Å². The summed E-state index contributed by atoms with van der Waals surface area (Å²) in [6.45, 7) is 4.29. The van der Waals surface area contributed by atoms with Crippen molar-refractivity contribution in [1.82, 2.24) is 0 Å². The normalized spacial score (nSPS) is 19.5. The summed E-state index contributed by atoms with van der Waals surface area (Å²) in [5.74, 6) is 1.07. The van der Waals surface area contributed by atoms with Crippen molar-refractivity contribution in [3.05, 3.63) is 113 Å². The number of anilines is 3. The highest BCUT2D eigenvalue weighted by Gasteiger charge is 2.53. The molecular weight excluding hydrogens is 460 g/mol. The first kappa shape index (κ1) is 22.0. The first-order valence-electron chi connectivity index (χ1n) is 13.0. The van der Waals surface area contributed by atoms with Gasteiger partial charge in [-0.25, -0.2) is 4.79 Å². The van der Waals surface area contributed by atoms with E-state index in [1.807, 2.05) is 67.6 Å². The first-order chi connectivity index (χ1) is 18.1. The Labute approximate surface area is 216 Å². The van der Waals surface area contributed by atoms with E-state index in [1.165, 1.54) is 24.9 Å². The maximum Gasteiger partial charge on any atom is 0.340 e. The zero-order valence-electron chi connectivity index (χ0n) is 20.8. The molecule has 0 aromatic heterocycles. The molecule has 1 N–H and O–H groups in total. The van der Waals surface area contributed by atoms with Gasteiger partial charge in [-0.15, -0.1) is 0 Å².